The van der Waals surface area contributed by atoms with Crippen molar-refractivity contribution in [2.75, 3.05) is 26.3 Å². The van der Waals surface area contributed by atoms with E-state index in [1.54, 1.807) is 6.20 Å². The predicted molar refractivity (Wildman–Crippen MR) is 144 cm³/mol. The molecule has 196 valence electrons. The standard InChI is InChI=1S/C26H33N7O3S/c1-6-31-12-17(4)36-26-24(18(5)30-37-26)21-13-32-19(10-27-21)11-28-23(32)9-8-20-22(14-31)33(16(3)15-34)29-25(20)35-7-2/h8-11,13,16-17,34H,6-7,12,14-15H2,1-5H3/b9-8+/t16-,17-/m0/s1. The van der Waals surface area contributed by atoms with E-state index >= 15 is 0 Å². The SMILES string of the molecule is CCOc1nn([C@@H](C)CO)c2c1/C=C/c1ncc3cnc(cn13)-c1c(C)nsc1O[C@@H](C)CN(CC)C2. The molecule has 2 atom stereocenters. The van der Waals surface area contributed by atoms with Crippen molar-refractivity contribution in [3.63, 3.8) is 0 Å². The Labute approximate surface area is 220 Å². The monoisotopic (exact) mass is 523 g/mol. The molecule has 0 unspecified atom stereocenters. The molecule has 0 aliphatic carbocycles. The molecule has 0 spiro atoms. The fraction of sp³-hybridized carbons (Fsp3) is 0.462. The van der Waals surface area contributed by atoms with Crippen molar-refractivity contribution in [1.29, 1.82) is 0 Å². The molecule has 5 rings (SSSR count). The summed E-state index contributed by atoms with van der Waals surface area (Å²) in [6.45, 7) is 12.7. The van der Waals surface area contributed by atoms with E-state index in [4.69, 9.17) is 19.6 Å². The molecular weight excluding hydrogens is 490 g/mol. The van der Waals surface area contributed by atoms with Crippen molar-refractivity contribution in [2.24, 2.45) is 0 Å². The second-order valence-corrected chi connectivity index (χ2v) is 10.0. The van der Waals surface area contributed by atoms with Crippen molar-refractivity contribution < 1.29 is 14.6 Å². The second kappa shape index (κ2) is 10.6. The fourth-order valence-electron chi connectivity index (χ4n) is 4.62. The van der Waals surface area contributed by atoms with Gasteiger partial charge < -0.3 is 14.6 Å². The highest BCUT2D eigenvalue weighted by molar-refractivity contribution is 7.08. The Morgan fingerprint density at radius 3 is 2.81 bits per heavy atom. The zero-order valence-electron chi connectivity index (χ0n) is 21.9. The van der Waals surface area contributed by atoms with Crippen LogP contribution < -0.4 is 9.47 Å². The van der Waals surface area contributed by atoms with E-state index in [0.717, 1.165) is 51.2 Å². The number of ether oxygens (including phenoxy) is 2. The zero-order chi connectivity index (χ0) is 26.1. The molecule has 1 N–H and O–H groups in total. The van der Waals surface area contributed by atoms with Gasteiger partial charge in [0.25, 0.3) is 0 Å². The van der Waals surface area contributed by atoms with E-state index in [1.807, 2.05) is 54.4 Å². The fourth-order valence-corrected chi connectivity index (χ4v) is 5.48. The lowest BCUT2D eigenvalue weighted by Crippen LogP contribution is -2.34. The first-order chi connectivity index (χ1) is 17.9. The summed E-state index contributed by atoms with van der Waals surface area (Å²) >= 11 is 1.36. The number of aromatic nitrogens is 6. The van der Waals surface area contributed by atoms with Gasteiger partial charge in [0.05, 0.1) is 65.4 Å². The number of aliphatic hydroxyl groups is 1. The van der Waals surface area contributed by atoms with E-state index in [1.165, 1.54) is 11.5 Å². The average molecular weight is 524 g/mol. The largest absolute Gasteiger partial charge is 0.478 e. The molecule has 0 radical (unpaired) electrons. The van der Waals surface area contributed by atoms with Crippen LogP contribution in [0.2, 0.25) is 0 Å². The summed E-state index contributed by atoms with van der Waals surface area (Å²) in [4.78, 5) is 11.7. The molecule has 4 aromatic heterocycles. The van der Waals surface area contributed by atoms with Gasteiger partial charge in [-0.2, -0.15) is 4.37 Å². The van der Waals surface area contributed by atoms with Crippen LogP contribution in [0.1, 0.15) is 56.5 Å². The summed E-state index contributed by atoms with van der Waals surface area (Å²) < 4.78 is 20.9. The summed E-state index contributed by atoms with van der Waals surface area (Å²) in [6.07, 6.45) is 9.50. The van der Waals surface area contributed by atoms with Crippen molar-refractivity contribution in [1.82, 2.24) is 33.4 Å². The van der Waals surface area contributed by atoms with Gasteiger partial charge >= 0.3 is 0 Å². The summed E-state index contributed by atoms with van der Waals surface area (Å²) in [5.41, 5.74) is 5.33. The number of aryl methyl sites for hydroxylation is 1. The molecule has 10 nitrogen and oxygen atoms in total. The Morgan fingerprint density at radius 1 is 1.24 bits per heavy atom. The van der Waals surface area contributed by atoms with Crippen LogP contribution in [0.3, 0.4) is 0 Å². The molecule has 0 saturated heterocycles. The van der Waals surface area contributed by atoms with Crippen LogP contribution in [0.4, 0.5) is 0 Å². The third kappa shape index (κ3) is 4.86. The first-order valence-electron chi connectivity index (χ1n) is 12.6. The number of aliphatic hydroxyl groups excluding tert-OH is 1. The van der Waals surface area contributed by atoms with Gasteiger partial charge in [-0.1, -0.05) is 6.92 Å². The van der Waals surface area contributed by atoms with Gasteiger partial charge in [0.1, 0.15) is 11.9 Å². The van der Waals surface area contributed by atoms with Gasteiger partial charge in [0.2, 0.25) is 10.9 Å². The topological polar surface area (TPSA) is 103 Å². The normalized spacial score (nSPS) is 18.1. The number of hydrogen-bond donors (Lipinski definition) is 1. The number of rotatable bonds is 5. The Balaban J connectivity index is 1.71. The Morgan fingerprint density at radius 2 is 2.05 bits per heavy atom. The first kappa shape index (κ1) is 25.4. The van der Waals surface area contributed by atoms with Gasteiger partial charge in [0, 0.05) is 30.8 Å². The average Bonchev–Trinajstić information content (AvgIpc) is 3.56. The number of imidazole rings is 1. The Hall–Kier alpha value is -3.28. The molecule has 0 saturated carbocycles. The third-order valence-electron chi connectivity index (χ3n) is 6.55. The van der Waals surface area contributed by atoms with Crippen LogP contribution >= 0.6 is 11.5 Å². The summed E-state index contributed by atoms with van der Waals surface area (Å²) in [6, 6.07) is -0.200. The smallest absolute Gasteiger partial charge is 0.240 e. The lowest BCUT2D eigenvalue weighted by atomic mass is 10.1. The molecule has 2 bridgehead atoms. The Kier molecular flexibility index (Phi) is 7.27. The number of nitrogens with zero attached hydrogens (tertiary/aromatic N) is 7. The maximum Gasteiger partial charge on any atom is 0.240 e. The highest BCUT2D eigenvalue weighted by Gasteiger charge is 2.25. The van der Waals surface area contributed by atoms with Gasteiger partial charge in [-0.05, 0) is 46.4 Å². The van der Waals surface area contributed by atoms with E-state index in [9.17, 15) is 5.11 Å². The van der Waals surface area contributed by atoms with Crippen LogP contribution in [0.5, 0.6) is 10.9 Å². The zero-order valence-corrected chi connectivity index (χ0v) is 22.7. The molecule has 0 amide bonds. The molecule has 37 heavy (non-hydrogen) atoms. The third-order valence-corrected chi connectivity index (χ3v) is 7.38. The Bertz CT molecular complexity index is 1420. The maximum atomic E-state index is 9.97. The van der Waals surface area contributed by atoms with Crippen LogP contribution in [0, 0.1) is 6.92 Å². The minimum atomic E-state index is -0.200. The minimum absolute atomic E-state index is 0.0246. The predicted octanol–water partition coefficient (Wildman–Crippen LogP) is 4.08. The van der Waals surface area contributed by atoms with Crippen molar-refractivity contribution >= 4 is 29.2 Å². The summed E-state index contributed by atoms with van der Waals surface area (Å²) in [7, 11) is 0. The molecule has 4 aromatic rings. The van der Waals surface area contributed by atoms with E-state index in [2.05, 4.69) is 28.1 Å². The van der Waals surface area contributed by atoms with Crippen LogP contribution in [0.15, 0.2) is 18.6 Å². The highest BCUT2D eigenvalue weighted by Crippen LogP contribution is 2.37. The van der Waals surface area contributed by atoms with E-state index in [0.29, 0.717) is 25.6 Å². The lowest BCUT2D eigenvalue weighted by Gasteiger charge is -2.26. The molecular formula is C26H33N7O3S. The van der Waals surface area contributed by atoms with Gasteiger partial charge in [-0.25, -0.2) is 4.98 Å². The van der Waals surface area contributed by atoms with Crippen molar-refractivity contribution in [3.8, 4) is 22.2 Å². The first-order valence-corrected chi connectivity index (χ1v) is 13.4. The number of likely N-dealkylation sites (N-methyl/N-ethyl adjacent to an activating group) is 1. The highest BCUT2D eigenvalue weighted by atomic mass is 32.1. The second-order valence-electron chi connectivity index (χ2n) is 9.28. The quantitative estimate of drug-likeness (QED) is 0.417. The lowest BCUT2D eigenvalue weighted by molar-refractivity contribution is 0.144. The maximum absolute atomic E-state index is 9.97. The minimum Gasteiger partial charge on any atom is -0.478 e. The molecule has 1 aliphatic heterocycles. The van der Waals surface area contributed by atoms with E-state index in [-0.39, 0.29) is 18.8 Å². The molecule has 1 aliphatic rings. The van der Waals surface area contributed by atoms with E-state index < -0.39 is 0 Å². The van der Waals surface area contributed by atoms with Gasteiger partial charge in [-0.3, -0.25) is 19.0 Å². The van der Waals surface area contributed by atoms with Crippen molar-refractivity contribution in [3.05, 3.63) is 41.4 Å². The van der Waals surface area contributed by atoms with Gasteiger partial charge in [-0.15, -0.1) is 5.10 Å². The van der Waals surface area contributed by atoms with Crippen LogP contribution in [-0.2, 0) is 6.54 Å². The van der Waals surface area contributed by atoms with Crippen LogP contribution in [-0.4, -0.2) is 70.9 Å². The van der Waals surface area contributed by atoms with Crippen molar-refractivity contribution in [2.45, 2.75) is 53.3 Å². The summed E-state index contributed by atoms with van der Waals surface area (Å²) in [5.74, 6) is 1.31. The molecule has 0 fully saturated rings. The van der Waals surface area contributed by atoms with Crippen LogP contribution in [0.25, 0.3) is 28.9 Å². The molecule has 5 heterocycles. The number of hydrogen-bond acceptors (Lipinski definition) is 9. The molecule has 11 heteroatoms. The van der Waals surface area contributed by atoms with Gasteiger partial charge in [0.15, 0.2) is 0 Å². The summed E-state index contributed by atoms with van der Waals surface area (Å²) in [5, 5.41) is 15.5. The molecule has 0 aromatic carbocycles. The number of fused-ring (bicyclic) bond motifs is 4.